The van der Waals surface area contributed by atoms with Gasteiger partial charge in [-0.1, -0.05) is 77.0 Å². The molecule has 5 amide bonds. The topological polar surface area (TPSA) is 340 Å². The Morgan fingerprint density at radius 2 is 0.912 bits per heavy atom. The number of amides is 5. The van der Waals surface area contributed by atoms with Crippen LogP contribution in [-0.4, -0.2) is 163 Å². The zero-order valence-corrected chi connectivity index (χ0v) is 39.5. The lowest BCUT2D eigenvalue weighted by molar-refractivity contribution is -0.143. The Morgan fingerprint density at radius 3 is 1.44 bits per heavy atom. The number of ether oxygens (including phenoxy) is 4. The smallest absolute Gasteiger partial charge is 0.303 e. The molecule has 0 rings (SSSR count). The number of hydrazine groups is 1. The SMILES string of the molecule is O=C[C@H](CCC(=O)O)NC(=O)[C@H](CCC(=O)O)NC(=O)COCCOCCNC(=O)COCCOCCN(NC(=O)CCCCCCCCCCCCCCCCC(=O)O)C(=O)CCCC(=O)O. The Kier molecular flexibility index (Phi) is 39.7. The van der Waals surface area contributed by atoms with Gasteiger partial charge in [0.2, 0.25) is 29.5 Å². The summed E-state index contributed by atoms with van der Waals surface area (Å²) in [6.07, 6.45) is 14.2. The van der Waals surface area contributed by atoms with E-state index in [0.29, 0.717) is 12.7 Å². The fourth-order valence-corrected chi connectivity index (χ4v) is 6.41. The lowest BCUT2D eigenvalue weighted by atomic mass is 10.0. The fourth-order valence-electron chi connectivity index (χ4n) is 6.41. The predicted molar refractivity (Wildman–Crippen MR) is 243 cm³/mol. The summed E-state index contributed by atoms with van der Waals surface area (Å²) in [7, 11) is 0. The Balaban J connectivity index is 4.22. The molecule has 68 heavy (non-hydrogen) atoms. The van der Waals surface area contributed by atoms with Crippen molar-refractivity contribution < 1.29 is 87.3 Å². The van der Waals surface area contributed by atoms with Gasteiger partial charge in [-0.2, -0.15) is 0 Å². The fraction of sp³-hybridized carbons (Fsp3) is 0.778. The minimum Gasteiger partial charge on any atom is -0.481 e. The third kappa shape index (κ3) is 41.0. The number of aliphatic carboxylic acids is 4. The number of unbranched alkanes of at least 4 members (excludes halogenated alkanes) is 13. The van der Waals surface area contributed by atoms with Crippen molar-refractivity contribution in [2.24, 2.45) is 0 Å². The number of nitrogens with zero attached hydrogens (tertiary/aromatic N) is 1. The van der Waals surface area contributed by atoms with Gasteiger partial charge in [-0.25, -0.2) is 0 Å². The first kappa shape index (κ1) is 62.7. The van der Waals surface area contributed by atoms with Crippen LogP contribution in [0.2, 0.25) is 0 Å². The largest absolute Gasteiger partial charge is 0.481 e. The van der Waals surface area contributed by atoms with Crippen molar-refractivity contribution in [1.82, 2.24) is 26.4 Å². The van der Waals surface area contributed by atoms with Crippen molar-refractivity contribution in [3.63, 3.8) is 0 Å². The number of aldehydes is 1. The number of hydrogen-bond donors (Lipinski definition) is 8. The van der Waals surface area contributed by atoms with Crippen LogP contribution in [-0.2, 0) is 66.9 Å². The first-order valence-electron chi connectivity index (χ1n) is 23.7. The van der Waals surface area contributed by atoms with Gasteiger partial charge in [0.05, 0.1) is 52.2 Å². The minimum atomic E-state index is -1.31. The van der Waals surface area contributed by atoms with E-state index in [1.54, 1.807) is 0 Å². The molecule has 0 spiro atoms. The van der Waals surface area contributed by atoms with Gasteiger partial charge < -0.3 is 60.1 Å². The van der Waals surface area contributed by atoms with Gasteiger partial charge in [0.1, 0.15) is 25.5 Å². The molecule has 0 aromatic carbocycles. The average molecular weight is 976 g/mol. The summed E-state index contributed by atoms with van der Waals surface area (Å²) in [5, 5.41) is 43.8. The Bertz CT molecular complexity index is 1480. The Labute approximate surface area is 398 Å². The second-order valence-corrected chi connectivity index (χ2v) is 16.1. The van der Waals surface area contributed by atoms with Crippen LogP contribution in [0, 0.1) is 0 Å². The number of carbonyl (C=O) groups is 10. The number of nitrogens with one attached hydrogen (secondary N) is 4. The molecule has 0 bridgehead atoms. The molecule has 23 heteroatoms. The van der Waals surface area contributed by atoms with E-state index in [1.807, 2.05) is 0 Å². The van der Waals surface area contributed by atoms with Gasteiger partial charge in [-0.3, -0.25) is 53.6 Å². The molecule has 0 aliphatic carbocycles. The molecule has 2 atom stereocenters. The van der Waals surface area contributed by atoms with E-state index in [9.17, 15) is 47.9 Å². The van der Waals surface area contributed by atoms with Crippen molar-refractivity contribution in [1.29, 1.82) is 0 Å². The van der Waals surface area contributed by atoms with E-state index >= 15 is 0 Å². The Hall–Kier alpha value is -5.26. The molecule has 0 aliphatic rings. The van der Waals surface area contributed by atoms with Crippen molar-refractivity contribution in [2.45, 2.75) is 160 Å². The molecule has 0 aromatic heterocycles. The quantitative estimate of drug-likeness (QED) is 0.0247. The molecular weight excluding hydrogens is 899 g/mol. The van der Waals surface area contributed by atoms with E-state index < -0.39 is 79.0 Å². The normalized spacial score (nSPS) is 11.8. The maximum atomic E-state index is 12.8. The molecule has 23 nitrogen and oxygen atoms in total. The highest BCUT2D eigenvalue weighted by Gasteiger charge is 2.24. The Morgan fingerprint density at radius 1 is 0.456 bits per heavy atom. The minimum absolute atomic E-state index is 0.0273. The lowest BCUT2D eigenvalue weighted by Crippen LogP contribution is -2.51. The molecule has 0 unspecified atom stereocenters. The summed E-state index contributed by atoms with van der Waals surface area (Å²) in [6, 6.07) is -2.46. The third-order valence-corrected chi connectivity index (χ3v) is 10.1. The average Bonchev–Trinajstić information content (AvgIpc) is 3.28. The molecule has 0 fully saturated rings. The van der Waals surface area contributed by atoms with Crippen LogP contribution in [0.3, 0.4) is 0 Å². The highest BCUT2D eigenvalue weighted by molar-refractivity contribution is 5.90. The monoisotopic (exact) mass is 976 g/mol. The van der Waals surface area contributed by atoms with E-state index in [-0.39, 0.29) is 110 Å². The molecule has 390 valence electrons. The molecule has 0 saturated heterocycles. The zero-order valence-electron chi connectivity index (χ0n) is 39.5. The van der Waals surface area contributed by atoms with E-state index in [2.05, 4.69) is 21.4 Å². The highest BCUT2D eigenvalue weighted by Crippen LogP contribution is 2.14. The second kappa shape index (κ2) is 43.0. The van der Waals surface area contributed by atoms with Crippen molar-refractivity contribution >= 4 is 59.7 Å². The predicted octanol–water partition coefficient (Wildman–Crippen LogP) is 2.51. The molecule has 0 aromatic rings. The molecule has 0 aliphatic heterocycles. The van der Waals surface area contributed by atoms with Gasteiger partial charge in [0.25, 0.3) is 0 Å². The van der Waals surface area contributed by atoms with Crippen LogP contribution in [0.25, 0.3) is 0 Å². The van der Waals surface area contributed by atoms with Gasteiger partial charge in [-0.05, 0) is 32.1 Å². The van der Waals surface area contributed by atoms with Gasteiger partial charge in [0.15, 0.2) is 0 Å². The number of rotatable bonds is 47. The summed E-state index contributed by atoms with van der Waals surface area (Å²) in [5.41, 5.74) is 2.63. The van der Waals surface area contributed by atoms with Crippen LogP contribution >= 0.6 is 0 Å². The molecule has 8 N–H and O–H groups in total. The number of carbonyl (C=O) groups excluding carboxylic acids is 6. The van der Waals surface area contributed by atoms with Crippen molar-refractivity contribution in [2.75, 3.05) is 65.9 Å². The lowest BCUT2D eigenvalue weighted by Gasteiger charge is -2.23. The molecule has 0 saturated carbocycles. The number of carboxylic acids is 4. The van der Waals surface area contributed by atoms with Gasteiger partial charge in [0, 0.05) is 45.1 Å². The molecule has 0 heterocycles. The summed E-state index contributed by atoms with van der Waals surface area (Å²) in [6.45, 7) is -0.287. The van der Waals surface area contributed by atoms with E-state index in [1.165, 1.54) is 32.1 Å². The van der Waals surface area contributed by atoms with Crippen LogP contribution in [0.15, 0.2) is 0 Å². The first-order chi connectivity index (χ1) is 32.6. The first-order valence-corrected chi connectivity index (χ1v) is 23.7. The number of carboxylic acid groups (broad SMARTS) is 4. The van der Waals surface area contributed by atoms with Crippen LogP contribution in [0.1, 0.15) is 148 Å². The zero-order chi connectivity index (χ0) is 50.6. The van der Waals surface area contributed by atoms with Crippen LogP contribution in [0.4, 0.5) is 0 Å². The van der Waals surface area contributed by atoms with Crippen molar-refractivity contribution in [3.8, 4) is 0 Å². The molecule has 0 radical (unpaired) electrons. The third-order valence-electron chi connectivity index (χ3n) is 10.1. The molecular formula is C45H77N5O18. The standard InChI is InChI=1S/C45H77N5O18/c51-32-35(20-22-43(60)61)47-45(64)36(21-23-44(62)63)48-39(54)34-68-30-28-65-26-24-46-38(53)33-67-31-29-66-27-25-50(40(55)17-15-19-42(58)59)49-37(52)16-13-11-9-7-5-3-1-2-4-6-8-10-12-14-18-41(56)57/h32,35-36H,1-31,33-34H2,(H,46,53)(H,47,64)(H,48,54)(H,49,52)(H,56,57)(H,58,59)(H,60,61)(H,62,63)/t35-,36-/m0/s1. The number of hydrogen-bond acceptors (Lipinski definition) is 14. The van der Waals surface area contributed by atoms with Crippen LogP contribution in [0.5, 0.6) is 0 Å². The van der Waals surface area contributed by atoms with Gasteiger partial charge >= 0.3 is 23.9 Å². The summed E-state index contributed by atoms with van der Waals surface area (Å²) >= 11 is 0. The van der Waals surface area contributed by atoms with E-state index in [0.717, 1.165) is 56.4 Å². The second-order valence-electron chi connectivity index (χ2n) is 16.1. The summed E-state index contributed by atoms with van der Waals surface area (Å²) < 4.78 is 21.4. The maximum absolute atomic E-state index is 12.8. The maximum Gasteiger partial charge on any atom is 0.303 e. The summed E-state index contributed by atoms with van der Waals surface area (Å²) in [5.74, 6) is -6.92. The van der Waals surface area contributed by atoms with Gasteiger partial charge in [-0.15, -0.1) is 0 Å². The highest BCUT2D eigenvalue weighted by atomic mass is 16.5. The van der Waals surface area contributed by atoms with E-state index in [4.69, 9.17) is 39.4 Å². The van der Waals surface area contributed by atoms with Crippen molar-refractivity contribution in [3.05, 3.63) is 0 Å². The van der Waals surface area contributed by atoms with Crippen LogP contribution < -0.4 is 21.4 Å². The summed E-state index contributed by atoms with van der Waals surface area (Å²) in [4.78, 5) is 117.